The molecule has 9 heteroatoms. The number of carbonyl (C=O) groups is 3. The first kappa shape index (κ1) is 18.5. The minimum Gasteiger partial charge on any atom is -0.484 e. The second-order valence-corrected chi connectivity index (χ2v) is 5.99. The van der Waals surface area contributed by atoms with Crippen molar-refractivity contribution in [2.24, 2.45) is 0 Å². The lowest BCUT2D eigenvalue weighted by Crippen LogP contribution is -2.56. The molecule has 3 N–H and O–H groups in total. The maximum Gasteiger partial charge on any atom is 0.331 e. The molecule has 0 spiro atoms. The smallest absolute Gasteiger partial charge is 0.331 e. The van der Waals surface area contributed by atoms with Gasteiger partial charge < -0.3 is 29.6 Å². The molecule has 0 aliphatic carbocycles. The molecule has 27 heavy (non-hydrogen) atoms. The number of furan rings is 1. The number of aliphatic carboxylic acids is 1. The van der Waals surface area contributed by atoms with Crippen molar-refractivity contribution in [3.8, 4) is 5.75 Å². The van der Waals surface area contributed by atoms with Crippen LogP contribution in [0, 0.1) is 0 Å². The third kappa shape index (κ3) is 4.45. The van der Waals surface area contributed by atoms with E-state index in [2.05, 4.69) is 10.6 Å². The van der Waals surface area contributed by atoms with Crippen molar-refractivity contribution in [1.29, 1.82) is 0 Å². The van der Waals surface area contributed by atoms with Crippen LogP contribution in [0.15, 0.2) is 47.1 Å². The van der Waals surface area contributed by atoms with Gasteiger partial charge in [-0.15, -0.1) is 0 Å². The average Bonchev–Trinajstić information content (AvgIpc) is 3.33. The number of carbonyl (C=O) groups excluding carboxylic acids is 2. The Labute approximate surface area is 154 Å². The van der Waals surface area contributed by atoms with Crippen LogP contribution in [0.25, 0.3) is 0 Å². The fourth-order valence-corrected chi connectivity index (χ4v) is 2.60. The summed E-state index contributed by atoms with van der Waals surface area (Å²) < 4.78 is 15.5. The molecule has 0 radical (unpaired) electrons. The minimum atomic E-state index is -1.42. The fraction of sp³-hybridized carbons (Fsp3) is 0.278. The first-order chi connectivity index (χ1) is 13.0. The number of hydrogen-bond donors (Lipinski definition) is 3. The topological polar surface area (TPSA) is 127 Å². The highest BCUT2D eigenvalue weighted by Crippen LogP contribution is 2.20. The SMILES string of the molecule is O=C(COc1cccc(NC(=O)c2ccco2)c1)NC1(C(=O)O)CCOC1. The maximum atomic E-state index is 12.1. The number of ether oxygens (including phenoxy) is 2. The Morgan fingerprint density at radius 1 is 1.22 bits per heavy atom. The summed E-state index contributed by atoms with van der Waals surface area (Å²) in [4.78, 5) is 35.4. The summed E-state index contributed by atoms with van der Waals surface area (Å²) in [6, 6.07) is 9.59. The van der Waals surface area contributed by atoms with Gasteiger partial charge in [0.25, 0.3) is 11.8 Å². The van der Waals surface area contributed by atoms with Gasteiger partial charge in [-0.3, -0.25) is 9.59 Å². The van der Waals surface area contributed by atoms with Crippen LogP contribution in [0.2, 0.25) is 0 Å². The van der Waals surface area contributed by atoms with Gasteiger partial charge in [0.1, 0.15) is 5.75 Å². The quantitative estimate of drug-likeness (QED) is 0.666. The molecule has 0 saturated carbocycles. The molecule has 2 heterocycles. The van der Waals surface area contributed by atoms with Crippen LogP contribution in [0.3, 0.4) is 0 Å². The van der Waals surface area contributed by atoms with Crippen molar-refractivity contribution in [3.63, 3.8) is 0 Å². The normalized spacial score (nSPS) is 18.7. The summed E-state index contributed by atoms with van der Waals surface area (Å²) in [6.07, 6.45) is 1.59. The largest absolute Gasteiger partial charge is 0.484 e. The van der Waals surface area contributed by atoms with Gasteiger partial charge in [0.2, 0.25) is 0 Å². The Morgan fingerprint density at radius 3 is 2.74 bits per heavy atom. The predicted octanol–water partition coefficient (Wildman–Crippen LogP) is 1.27. The summed E-state index contributed by atoms with van der Waals surface area (Å²) in [6.45, 7) is -0.183. The van der Waals surface area contributed by atoms with E-state index in [1.54, 1.807) is 30.3 Å². The molecule has 2 amide bonds. The monoisotopic (exact) mass is 374 g/mol. The number of amides is 2. The minimum absolute atomic E-state index is 0.0810. The van der Waals surface area contributed by atoms with Gasteiger partial charge in [-0.05, 0) is 24.3 Å². The van der Waals surface area contributed by atoms with Gasteiger partial charge in [0.15, 0.2) is 17.9 Å². The number of nitrogens with one attached hydrogen (secondary N) is 2. The zero-order valence-electron chi connectivity index (χ0n) is 14.3. The molecule has 1 aliphatic heterocycles. The third-order valence-electron chi connectivity index (χ3n) is 4.02. The van der Waals surface area contributed by atoms with E-state index in [9.17, 15) is 19.5 Å². The highest BCUT2D eigenvalue weighted by Gasteiger charge is 2.43. The van der Waals surface area contributed by atoms with E-state index in [0.29, 0.717) is 11.4 Å². The summed E-state index contributed by atoms with van der Waals surface area (Å²) in [5, 5.41) is 14.4. The van der Waals surface area contributed by atoms with Crippen molar-refractivity contribution in [2.75, 3.05) is 25.1 Å². The zero-order valence-corrected chi connectivity index (χ0v) is 14.3. The molecule has 1 aliphatic rings. The molecule has 142 valence electrons. The lowest BCUT2D eigenvalue weighted by atomic mass is 9.99. The van der Waals surface area contributed by atoms with Gasteiger partial charge in [-0.1, -0.05) is 6.07 Å². The van der Waals surface area contributed by atoms with Gasteiger partial charge in [0.05, 0.1) is 12.9 Å². The lowest BCUT2D eigenvalue weighted by Gasteiger charge is -2.23. The zero-order chi connectivity index (χ0) is 19.3. The van der Waals surface area contributed by atoms with Gasteiger partial charge in [-0.2, -0.15) is 0 Å². The summed E-state index contributed by atoms with van der Waals surface area (Å²) in [5.41, 5.74) is -0.959. The molecule has 9 nitrogen and oxygen atoms in total. The number of carboxylic acids is 1. The Balaban J connectivity index is 1.56. The second-order valence-electron chi connectivity index (χ2n) is 5.99. The number of anilines is 1. The molecule has 1 saturated heterocycles. The Bertz CT molecular complexity index is 826. The van der Waals surface area contributed by atoms with Crippen LogP contribution in [0.4, 0.5) is 5.69 Å². The van der Waals surface area contributed by atoms with E-state index in [-0.39, 0.29) is 32.0 Å². The molecule has 1 aromatic carbocycles. The van der Waals surface area contributed by atoms with E-state index in [1.165, 1.54) is 12.3 Å². The summed E-state index contributed by atoms with van der Waals surface area (Å²) >= 11 is 0. The van der Waals surface area contributed by atoms with Crippen LogP contribution >= 0.6 is 0 Å². The highest BCUT2D eigenvalue weighted by molar-refractivity contribution is 6.02. The number of hydrogen-bond acceptors (Lipinski definition) is 6. The second kappa shape index (κ2) is 7.92. The van der Waals surface area contributed by atoms with E-state index in [1.807, 2.05) is 0 Å². The Hall–Kier alpha value is -3.33. The molecule has 2 aromatic rings. The van der Waals surface area contributed by atoms with Crippen molar-refractivity contribution >= 4 is 23.5 Å². The van der Waals surface area contributed by atoms with Crippen LogP contribution in [-0.4, -0.2) is 48.2 Å². The van der Waals surface area contributed by atoms with Gasteiger partial charge in [-0.25, -0.2) is 4.79 Å². The lowest BCUT2D eigenvalue weighted by molar-refractivity contribution is -0.148. The van der Waals surface area contributed by atoms with Crippen LogP contribution < -0.4 is 15.4 Å². The van der Waals surface area contributed by atoms with Gasteiger partial charge in [0, 0.05) is 24.8 Å². The van der Waals surface area contributed by atoms with E-state index < -0.39 is 23.3 Å². The molecule has 1 aromatic heterocycles. The van der Waals surface area contributed by atoms with Crippen LogP contribution in [0.5, 0.6) is 5.75 Å². The number of benzene rings is 1. The molecular formula is C18H18N2O7. The third-order valence-corrected chi connectivity index (χ3v) is 4.02. The average molecular weight is 374 g/mol. The van der Waals surface area contributed by atoms with Crippen molar-refractivity contribution in [3.05, 3.63) is 48.4 Å². The standard InChI is InChI=1S/C18H18N2O7/c21-15(20-18(17(23)24)6-8-25-11-18)10-27-13-4-1-3-12(9-13)19-16(22)14-5-2-7-26-14/h1-5,7,9H,6,8,10-11H2,(H,19,22)(H,20,21)(H,23,24). The molecule has 1 fully saturated rings. The van der Waals surface area contributed by atoms with Crippen molar-refractivity contribution in [2.45, 2.75) is 12.0 Å². The van der Waals surface area contributed by atoms with Crippen molar-refractivity contribution < 1.29 is 33.4 Å². The first-order valence-electron chi connectivity index (χ1n) is 8.18. The predicted molar refractivity (Wildman–Crippen MR) is 92.5 cm³/mol. The van der Waals surface area contributed by atoms with Crippen LogP contribution in [-0.2, 0) is 14.3 Å². The molecule has 3 rings (SSSR count). The van der Waals surface area contributed by atoms with Gasteiger partial charge >= 0.3 is 5.97 Å². The molecule has 0 bridgehead atoms. The van der Waals surface area contributed by atoms with Crippen LogP contribution in [0.1, 0.15) is 17.0 Å². The summed E-state index contributed by atoms with van der Waals surface area (Å²) in [7, 11) is 0. The molecule has 1 unspecified atom stereocenters. The maximum absolute atomic E-state index is 12.1. The van der Waals surface area contributed by atoms with E-state index in [0.717, 1.165) is 0 Å². The first-order valence-corrected chi connectivity index (χ1v) is 8.18. The fourth-order valence-electron chi connectivity index (χ4n) is 2.60. The molecule has 1 atom stereocenters. The number of carboxylic acid groups (broad SMARTS) is 1. The Kier molecular flexibility index (Phi) is 5.41. The summed E-state index contributed by atoms with van der Waals surface area (Å²) in [5.74, 6) is -1.63. The van der Waals surface area contributed by atoms with Crippen molar-refractivity contribution in [1.82, 2.24) is 5.32 Å². The van der Waals surface area contributed by atoms with E-state index in [4.69, 9.17) is 13.9 Å². The highest BCUT2D eigenvalue weighted by atomic mass is 16.5. The number of rotatable bonds is 7. The Morgan fingerprint density at radius 2 is 2.07 bits per heavy atom. The molecular weight excluding hydrogens is 356 g/mol. The van der Waals surface area contributed by atoms with E-state index >= 15 is 0 Å².